The summed E-state index contributed by atoms with van der Waals surface area (Å²) in [6, 6.07) is 7.78. The quantitative estimate of drug-likeness (QED) is 0.563. The Hall–Kier alpha value is -0.460. The van der Waals surface area contributed by atoms with Gasteiger partial charge in [-0.25, -0.2) is 0 Å². The second-order valence-electron chi connectivity index (χ2n) is 5.87. The van der Waals surface area contributed by atoms with Crippen molar-refractivity contribution in [3.05, 3.63) is 56.6 Å². The number of halogens is 2. The van der Waals surface area contributed by atoms with Gasteiger partial charge in [0.05, 0.1) is 5.70 Å². The molecule has 116 valence electrons. The van der Waals surface area contributed by atoms with Crippen LogP contribution >= 0.6 is 27.7 Å². The first-order chi connectivity index (χ1) is 10.6. The zero-order valence-corrected chi connectivity index (χ0v) is 15.1. The van der Waals surface area contributed by atoms with Crippen LogP contribution in [0.5, 0.6) is 0 Å². The van der Waals surface area contributed by atoms with Gasteiger partial charge in [-0.15, -0.1) is 0 Å². The van der Waals surface area contributed by atoms with E-state index < -0.39 is 11.2 Å². The van der Waals surface area contributed by atoms with E-state index in [1.807, 2.05) is 28.3 Å². The number of nitrogens with zero attached hydrogens (tertiary/aromatic N) is 1. The fourth-order valence-corrected chi connectivity index (χ4v) is 5.77. The molecule has 0 bridgehead atoms. The molecule has 0 radical (unpaired) electrons. The number of rotatable bonds is 1. The van der Waals surface area contributed by atoms with Crippen LogP contribution in [0.25, 0.3) is 0 Å². The Morgan fingerprint density at radius 2 is 2.00 bits per heavy atom. The summed E-state index contributed by atoms with van der Waals surface area (Å²) in [4.78, 5) is 1.13. The standard InChI is InChI=1S/C16H16BrClN2OS/c17-20-8-7-11-3-6-14-13(16(11)19-20)9-15(22(14)21)10-1-4-12(18)5-2-10/h1-2,4-5,15,19H,3,6-9H2. The number of benzene rings is 1. The Labute approximate surface area is 146 Å². The molecule has 0 saturated heterocycles. The van der Waals surface area contributed by atoms with E-state index in [0.29, 0.717) is 0 Å². The molecule has 1 N–H and O–H groups in total. The van der Waals surface area contributed by atoms with Crippen LogP contribution in [0, 0.1) is 0 Å². The second-order valence-corrected chi connectivity index (χ2v) is 8.82. The van der Waals surface area contributed by atoms with Gasteiger partial charge in [-0.05, 0) is 41.7 Å². The maximum Gasteiger partial charge on any atom is 0.150 e. The van der Waals surface area contributed by atoms with Gasteiger partial charge >= 0.3 is 0 Å². The topological polar surface area (TPSA) is 38.3 Å². The normalized spacial score (nSPS) is 28.5. The molecule has 0 saturated carbocycles. The minimum atomic E-state index is -0.933. The molecule has 2 atom stereocenters. The fraction of sp³-hybridized carbons (Fsp3) is 0.375. The summed E-state index contributed by atoms with van der Waals surface area (Å²) in [6.07, 6.45) is 3.88. The van der Waals surface area contributed by atoms with Crippen molar-refractivity contribution in [2.45, 2.75) is 30.9 Å². The van der Waals surface area contributed by atoms with Crippen molar-refractivity contribution in [3.8, 4) is 0 Å². The van der Waals surface area contributed by atoms with Crippen LogP contribution in [0.15, 0.2) is 46.0 Å². The van der Waals surface area contributed by atoms with Crippen LogP contribution in [0.1, 0.15) is 36.5 Å². The maximum atomic E-state index is 12.9. The molecule has 0 aromatic heterocycles. The van der Waals surface area contributed by atoms with Crippen LogP contribution in [-0.2, 0) is 11.2 Å². The number of hydrogen-bond acceptors (Lipinski definition) is 3. The van der Waals surface area contributed by atoms with E-state index >= 15 is 0 Å². The van der Waals surface area contributed by atoms with E-state index in [-0.39, 0.29) is 5.25 Å². The molecule has 3 aliphatic rings. The molecule has 1 aliphatic carbocycles. The minimum Gasteiger partial charge on any atom is -0.611 e. The highest BCUT2D eigenvalue weighted by molar-refractivity contribution is 9.07. The largest absolute Gasteiger partial charge is 0.611 e. The predicted octanol–water partition coefficient (Wildman–Crippen LogP) is 4.36. The van der Waals surface area contributed by atoms with Crippen LogP contribution in [0.3, 0.4) is 0 Å². The molecule has 0 spiro atoms. The van der Waals surface area contributed by atoms with E-state index in [9.17, 15) is 4.55 Å². The third kappa shape index (κ3) is 2.53. The SMILES string of the molecule is [O-][S+]1C2=C(CC1c1ccc(Cl)cc1)C1=C(CC2)CCN(Br)N1. The number of allylic oxidation sites excluding steroid dienone is 2. The van der Waals surface area contributed by atoms with Crippen molar-refractivity contribution in [1.29, 1.82) is 0 Å². The zero-order valence-electron chi connectivity index (χ0n) is 11.9. The van der Waals surface area contributed by atoms with Gasteiger partial charge < -0.3 is 9.98 Å². The summed E-state index contributed by atoms with van der Waals surface area (Å²) < 4.78 is 14.9. The molecule has 1 aromatic rings. The van der Waals surface area contributed by atoms with E-state index in [0.717, 1.165) is 47.7 Å². The average Bonchev–Trinajstić information content (AvgIpc) is 2.86. The predicted molar refractivity (Wildman–Crippen MR) is 93.6 cm³/mol. The van der Waals surface area contributed by atoms with Crippen molar-refractivity contribution in [3.63, 3.8) is 0 Å². The molecule has 2 heterocycles. The molecule has 6 heteroatoms. The zero-order chi connectivity index (χ0) is 15.3. The molecule has 2 unspecified atom stereocenters. The van der Waals surface area contributed by atoms with Crippen LogP contribution in [-0.4, -0.2) is 15.1 Å². The van der Waals surface area contributed by atoms with Crippen molar-refractivity contribution >= 4 is 38.9 Å². The highest BCUT2D eigenvalue weighted by Crippen LogP contribution is 2.50. The highest BCUT2D eigenvalue weighted by Gasteiger charge is 2.43. The number of hydrazine groups is 1. The molecule has 0 amide bonds. The summed E-state index contributed by atoms with van der Waals surface area (Å²) in [6.45, 7) is 0.963. The summed E-state index contributed by atoms with van der Waals surface area (Å²) in [7, 11) is 0. The van der Waals surface area contributed by atoms with Gasteiger partial charge in [-0.2, -0.15) is 4.03 Å². The molecule has 22 heavy (non-hydrogen) atoms. The Kier molecular flexibility index (Phi) is 4.03. The van der Waals surface area contributed by atoms with Crippen molar-refractivity contribution < 1.29 is 4.55 Å². The van der Waals surface area contributed by atoms with Crippen molar-refractivity contribution in [2.24, 2.45) is 0 Å². The Morgan fingerprint density at radius 1 is 1.23 bits per heavy atom. The summed E-state index contributed by atoms with van der Waals surface area (Å²) >= 11 is 8.54. The molecule has 0 fully saturated rings. The highest BCUT2D eigenvalue weighted by atomic mass is 79.9. The van der Waals surface area contributed by atoms with E-state index in [2.05, 4.69) is 21.6 Å². The summed E-state index contributed by atoms with van der Waals surface area (Å²) in [5, 5.41) is 0.778. The Balaban J connectivity index is 1.66. The minimum absolute atomic E-state index is 0.0571. The fourth-order valence-electron chi connectivity index (χ4n) is 3.49. The lowest BCUT2D eigenvalue weighted by Crippen LogP contribution is -2.36. The van der Waals surface area contributed by atoms with E-state index in [1.165, 1.54) is 16.8 Å². The molecule has 1 aromatic carbocycles. The second kappa shape index (κ2) is 5.87. The Bertz CT molecular complexity index is 673. The summed E-state index contributed by atoms with van der Waals surface area (Å²) in [5.41, 5.74) is 8.47. The molecular formula is C16H16BrClN2OS. The number of fused-ring (bicyclic) bond motifs is 1. The first kappa shape index (κ1) is 15.1. The van der Waals surface area contributed by atoms with E-state index in [1.54, 1.807) is 0 Å². The van der Waals surface area contributed by atoms with Gasteiger partial charge in [0.25, 0.3) is 0 Å². The average molecular weight is 400 g/mol. The Morgan fingerprint density at radius 3 is 2.77 bits per heavy atom. The number of hydrogen-bond donors (Lipinski definition) is 1. The lowest BCUT2D eigenvalue weighted by molar-refractivity contribution is 0.379. The first-order valence-corrected chi connectivity index (χ1v) is 9.74. The third-order valence-electron chi connectivity index (χ3n) is 4.62. The monoisotopic (exact) mass is 398 g/mol. The van der Waals surface area contributed by atoms with Crippen molar-refractivity contribution in [1.82, 2.24) is 9.46 Å². The van der Waals surface area contributed by atoms with Gasteiger partial charge in [0.2, 0.25) is 0 Å². The maximum absolute atomic E-state index is 12.9. The third-order valence-corrected chi connectivity index (χ3v) is 7.30. The molecule has 2 aliphatic heterocycles. The molecule has 4 rings (SSSR count). The van der Waals surface area contributed by atoms with Crippen LogP contribution < -0.4 is 5.43 Å². The van der Waals surface area contributed by atoms with E-state index in [4.69, 9.17) is 11.6 Å². The van der Waals surface area contributed by atoms with Gasteiger partial charge in [0.15, 0.2) is 0 Å². The van der Waals surface area contributed by atoms with Crippen molar-refractivity contribution in [2.75, 3.05) is 6.54 Å². The van der Waals surface area contributed by atoms with Gasteiger partial charge in [0.1, 0.15) is 10.2 Å². The van der Waals surface area contributed by atoms with Gasteiger partial charge in [-0.1, -0.05) is 23.7 Å². The smallest absolute Gasteiger partial charge is 0.150 e. The molecular weight excluding hydrogens is 384 g/mol. The van der Waals surface area contributed by atoms with Gasteiger partial charge in [-0.3, -0.25) is 0 Å². The lowest BCUT2D eigenvalue weighted by atomic mass is 9.90. The van der Waals surface area contributed by atoms with Crippen LogP contribution in [0.2, 0.25) is 5.02 Å². The first-order valence-electron chi connectivity index (χ1n) is 7.44. The lowest BCUT2D eigenvalue weighted by Gasteiger charge is -2.31. The van der Waals surface area contributed by atoms with Gasteiger partial charge in [0, 0.05) is 51.7 Å². The summed E-state index contributed by atoms with van der Waals surface area (Å²) in [5.74, 6) is 0. The number of nitrogens with one attached hydrogen (secondary N) is 1. The van der Waals surface area contributed by atoms with Crippen LogP contribution in [0.4, 0.5) is 0 Å². The molecule has 3 nitrogen and oxygen atoms in total.